The molecule has 3 amide bonds. The van der Waals surface area contributed by atoms with Gasteiger partial charge in [-0.05, 0) is 44.2 Å². The number of rotatable bonds is 5. The lowest BCUT2D eigenvalue weighted by atomic mass is 9.97. The number of amides is 3. The highest BCUT2D eigenvalue weighted by Gasteiger charge is 2.27. The van der Waals surface area contributed by atoms with Gasteiger partial charge in [-0.1, -0.05) is 0 Å². The van der Waals surface area contributed by atoms with Crippen LogP contribution in [-0.2, 0) is 4.79 Å². The second-order valence-corrected chi connectivity index (χ2v) is 7.63. The number of piperidine rings is 1. The Morgan fingerprint density at radius 2 is 2.16 bits per heavy atom. The summed E-state index contributed by atoms with van der Waals surface area (Å²) in [4.78, 5) is 38.2. The Labute approximate surface area is 150 Å². The average Bonchev–Trinajstić information content (AvgIpc) is 3.30. The van der Waals surface area contributed by atoms with E-state index in [0.717, 1.165) is 32.2 Å². The molecular weight excluding hydrogens is 340 g/mol. The molecular formula is C17H24N4O3S. The summed E-state index contributed by atoms with van der Waals surface area (Å²) in [6.45, 7) is 2.83. The highest BCUT2D eigenvalue weighted by Crippen LogP contribution is 2.22. The molecule has 25 heavy (non-hydrogen) atoms. The van der Waals surface area contributed by atoms with Crippen LogP contribution >= 0.6 is 11.3 Å². The van der Waals surface area contributed by atoms with Gasteiger partial charge in [0.25, 0.3) is 5.91 Å². The van der Waals surface area contributed by atoms with E-state index in [1.165, 1.54) is 11.3 Å². The van der Waals surface area contributed by atoms with E-state index in [0.29, 0.717) is 30.1 Å². The molecule has 2 fully saturated rings. The van der Waals surface area contributed by atoms with Crippen molar-refractivity contribution in [1.82, 2.24) is 15.5 Å². The number of carbonyl (C=O) groups is 3. The van der Waals surface area contributed by atoms with Crippen molar-refractivity contribution < 1.29 is 14.4 Å². The summed E-state index contributed by atoms with van der Waals surface area (Å²) >= 11 is 1.25. The molecule has 2 atom stereocenters. The van der Waals surface area contributed by atoms with Crippen molar-refractivity contribution in [3.8, 4) is 0 Å². The first-order chi connectivity index (χ1) is 12.0. The number of hydrogen-bond donors (Lipinski definition) is 3. The first-order valence-electron chi connectivity index (χ1n) is 8.73. The summed E-state index contributed by atoms with van der Waals surface area (Å²) < 4.78 is 0. The van der Waals surface area contributed by atoms with Crippen LogP contribution in [0.3, 0.4) is 0 Å². The highest BCUT2D eigenvalue weighted by atomic mass is 32.1. The molecule has 3 rings (SSSR count). The lowest BCUT2D eigenvalue weighted by Gasteiger charge is -2.32. The molecule has 4 N–H and O–H groups in total. The van der Waals surface area contributed by atoms with Crippen molar-refractivity contribution in [1.29, 1.82) is 0 Å². The number of nitrogens with zero attached hydrogens (tertiary/aromatic N) is 1. The smallest absolute Gasteiger partial charge is 0.263 e. The minimum absolute atomic E-state index is 0.0605. The van der Waals surface area contributed by atoms with Gasteiger partial charge in [-0.2, -0.15) is 0 Å². The van der Waals surface area contributed by atoms with E-state index in [4.69, 9.17) is 5.73 Å². The number of hydrogen-bond acceptors (Lipinski definition) is 5. The van der Waals surface area contributed by atoms with Crippen LogP contribution in [0.5, 0.6) is 0 Å². The van der Waals surface area contributed by atoms with Gasteiger partial charge in [0.2, 0.25) is 11.8 Å². The molecule has 0 aromatic carbocycles. The van der Waals surface area contributed by atoms with Crippen LogP contribution in [0.4, 0.5) is 0 Å². The lowest BCUT2D eigenvalue weighted by molar-refractivity contribution is -0.123. The van der Waals surface area contributed by atoms with Crippen molar-refractivity contribution in [2.24, 2.45) is 11.7 Å². The van der Waals surface area contributed by atoms with Crippen LogP contribution in [-0.4, -0.2) is 54.8 Å². The second-order valence-electron chi connectivity index (χ2n) is 6.72. The first kappa shape index (κ1) is 17.9. The predicted molar refractivity (Wildman–Crippen MR) is 95.5 cm³/mol. The number of primary amides is 1. The Balaban J connectivity index is 1.52. The standard InChI is InChI=1S/C17H24N4O3S/c18-15(22)12-7-14(25-10-12)17(24)21-6-2-3-11(9-21)8-20-16(23)13-4-1-5-19-13/h7,10-11,13,19H,1-6,8-9H2,(H2,18,22)(H,20,23). The predicted octanol–water partition coefficient (Wildman–Crippen LogP) is 0.567. The Morgan fingerprint density at radius 3 is 2.84 bits per heavy atom. The maximum absolute atomic E-state index is 12.6. The van der Waals surface area contributed by atoms with Crippen LogP contribution in [0.15, 0.2) is 11.4 Å². The fourth-order valence-electron chi connectivity index (χ4n) is 3.43. The normalized spacial score (nSPS) is 23.4. The molecule has 0 aliphatic carbocycles. The molecule has 2 aliphatic rings. The second kappa shape index (κ2) is 7.97. The molecule has 0 radical (unpaired) electrons. The summed E-state index contributed by atoms with van der Waals surface area (Å²) in [5.74, 6) is -0.259. The van der Waals surface area contributed by atoms with E-state index in [1.54, 1.807) is 11.4 Å². The minimum atomic E-state index is -0.518. The Bertz CT molecular complexity index is 654. The van der Waals surface area contributed by atoms with Crippen molar-refractivity contribution in [3.05, 3.63) is 21.9 Å². The summed E-state index contributed by atoms with van der Waals surface area (Å²) in [6, 6.07) is 1.49. The average molecular weight is 364 g/mol. The van der Waals surface area contributed by atoms with Gasteiger partial charge in [0.05, 0.1) is 16.5 Å². The minimum Gasteiger partial charge on any atom is -0.366 e. The molecule has 3 heterocycles. The molecule has 1 aromatic heterocycles. The van der Waals surface area contributed by atoms with Crippen molar-refractivity contribution in [2.45, 2.75) is 31.7 Å². The van der Waals surface area contributed by atoms with Crippen LogP contribution < -0.4 is 16.4 Å². The molecule has 136 valence electrons. The largest absolute Gasteiger partial charge is 0.366 e. The van der Waals surface area contributed by atoms with Gasteiger partial charge < -0.3 is 21.3 Å². The highest BCUT2D eigenvalue weighted by molar-refractivity contribution is 7.12. The van der Waals surface area contributed by atoms with Gasteiger partial charge >= 0.3 is 0 Å². The van der Waals surface area contributed by atoms with E-state index >= 15 is 0 Å². The number of nitrogens with two attached hydrogens (primary N) is 1. The van der Waals surface area contributed by atoms with Crippen molar-refractivity contribution in [3.63, 3.8) is 0 Å². The zero-order chi connectivity index (χ0) is 17.8. The van der Waals surface area contributed by atoms with E-state index in [9.17, 15) is 14.4 Å². The van der Waals surface area contributed by atoms with Gasteiger partial charge in [-0.3, -0.25) is 14.4 Å². The summed E-state index contributed by atoms with van der Waals surface area (Å²) in [5, 5.41) is 7.82. The van der Waals surface area contributed by atoms with Gasteiger partial charge in [0.1, 0.15) is 0 Å². The third kappa shape index (κ3) is 4.38. The maximum atomic E-state index is 12.6. The molecule has 2 saturated heterocycles. The van der Waals surface area contributed by atoms with Crippen molar-refractivity contribution >= 4 is 29.1 Å². The van der Waals surface area contributed by atoms with Crippen LogP contribution in [0.1, 0.15) is 45.7 Å². The van der Waals surface area contributed by atoms with Gasteiger partial charge in [-0.15, -0.1) is 11.3 Å². The summed E-state index contributed by atoms with van der Waals surface area (Å²) in [7, 11) is 0. The third-order valence-corrected chi connectivity index (χ3v) is 5.76. The SMILES string of the molecule is NC(=O)c1csc(C(=O)N2CCCC(CNC(=O)C3CCCN3)C2)c1. The zero-order valence-corrected chi connectivity index (χ0v) is 14.9. The first-order valence-corrected chi connectivity index (χ1v) is 9.61. The molecule has 0 saturated carbocycles. The Kier molecular flexibility index (Phi) is 5.70. The molecule has 7 nitrogen and oxygen atoms in total. The quantitative estimate of drug-likeness (QED) is 0.710. The zero-order valence-electron chi connectivity index (χ0n) is 14.1. The van der Waals surface area contributed by atoms with Gasteiger partial charge in [0.15, 0.2) is 0 Å². The topological polar surface area (TPSA) is 105 Å². The van der Waals surface area contributed by atoms with Crippen LogP contribution in [0, 0.1) is 5.92 Å². The van der Waals surface area contributed by atoms with Crippen LogP contribution in [0.2, 0.25) is 0 Å². The number of thiophene rings is 1. The van der Waals surface area contributed by atoms with Gasteiger partial charge in [0, 0.05) is 25.0 Å². The van der Waals surface area contributed by atoms with Crippen molar-refractivity contribution in [2.75, 3.05) is 26.2 Å². The van der Waals surface area contributed by atoms with E-state index in [-0.39, 0.29) is 23.8 Å². The fraction of sp³-hybridized carbons (Fsp3) is 0.588. The fourth-order valence-corrected chi connectivity index (χ4v) is 4.29. The third-order valence-electron chi connectivity index (χ3n) is 4.84. The molecule has 1 aromatic rings. The van der Waals surface area contributed by atoms with Crippen LogP contribution in [0.25, 0.3) is 0 Å². The number of nitrogens with one attached hydrogen (secondary N) is 2. The molecule has 2 aliphatic heterocycles. The summed E-state index contributed by atoms with van der Waals surface area (Å²) in [5.41, 5.74) is 5.62. The Morgan fingerprint density at radius 1 is 1.32 bits per heavy atom. The Hall–Kier alpha value is -1.93. The maximum Gasteiger partial charge on any atom is 0.263 e. The van der Waals surface area contributed by atoms with E-state index < -0.39 is 5.91 Å². The lowest BCUT2D eigenvalue weighted by Crippen LogP contribution is -2.46. The number of carbonyl (C=O) groups excluding carboxylic acids is 3. The van der Waals surface area contributed by atoms with E-state index in [2.05, 4.69) is 10.6 Å². The molecule has 0 bridgehead atoms. The molecule has 0 spiro atoms. The molecule has 2 unspecified atom stereocenters. The molecule has 8 heteroatoms. The van der Waals surface area contributed by atoms with E-state index in [1.807, 2.05) is 4.90 Å². The monoisotopic (exact) mass is 364 g/mol. The van der Waals surface area contributed by atoms with Gasteiger partial charge in [-0.25, -0.2) is 0 Å². The summed E-state index contributed by atoms with van der Waals surface area (Å²) in [6.07, 6.45) is 3.85. The number of likely N-dealkylation sites (tertiary alicyclic amines) is 1.